The van der Waals surface area contributed by atoms with E-state index in [1.165, 1.54) is 18.3 Å². The molecule has 10 heteroatoms. The van der Waals surface area contributed by atoms with E-state index in [-0.39, 0.29) is 4.90 Å². The molecule has 1 aromatic heterocycles. The molecule has 190 valence electrons. The zero-order chi connectivity index (χ0) is 26.6. The predicted octanol–water partition coefficient (Wildman–Crippen LogP) is 5.75. The van der Waals surface area contributed by atoms with Crippen molar-refractivity contribution < 1.29 is 13.2 Å². The summed E-state index contributed by atoms with van der Waals surface area (Å²) in [7, 11) is -3.98. The Morgan fingerprint density at radius 1 is 0.946 bits per heavy atom. The number of anilines is 1. The minimum absolute atomic E-state index is 0.0868. The Kier molecular flexibility index (Phi) is 8.02. The van der Waals surface area contributed by atoms with Gasteiger partial charge in [-0.3, -0.25) is 9.10 Å². The van der Waals surface area contributed by atoms with Crippen LogP contribution in [0.5, 0.6) is 0 Å². The van der Waals surface area contributed by atoms with E-state index in [1.807, 2.05) is 36.6 Å². The van der Waals surface area contributed by atoms with Crippen LogP contribution in [-0.4, -0.2) is 31.7 Å². The largest absolute Gasteiger partial charge is 0.318 e. The predicted molar refractivity (Wildman–Crippen MR) is 148 cm³/mol. The van der Waals surface area contributed by atoms with Crippen molar-refractivity contribution in [3.05, 3.63) is 112 Å². The van der Waals surface area contributed by atoms with E-state index in [0.717, 1.165) is 26.9 Å². The van der Waals surface area contributed by atoms with Gasteiger partial charge in [0.1, 0.15) is 6.54 Å². The maximum Gasteiger partial charge on any atom is 0.264 e. The zero-order valence-electron chi connectivity index (χ0n) is 20.1. The van der Waals surface area contributed by atoms with Crippen molar-refractivity contribution in [2.24, 2.45) is 5.10 Å². The van der Waals surface area contributed by atoms with Crippen LogP contribution in [-0.2, 0) is 14.8 Å². The van der Waals surface area contributed by atoms with Gasteiger partial charge in [-0.1, -0.05) is 59.6 Å². The van der Waals surface area contributed by atoms with Crippen LogP contribution in [0.25, 0.3) is 5.69 Å². The molecule has 0 atom stereocenters. The van der Waals surface area contributed by atoms with Crippen molar-refractivity contribution in [3.8, 4) is 5.69 Å². The van der Waals surface area contributed by atoms with Crippen LogP contribution in [0.2, 0.25) is 10.0 Å². The minimum Gasteiger partial charge on any atom is -0.318 e. The molecule has 1 heterocycles. The van der Waals surface area contributed by atoms with E-state index in [2.05, 4.69) is 10.5 Å². The van der Waals surface area contributed by atoms with Crippen molar-refractivity contribution >= 4 is 51.0 Å². The maximum absolute atomic E-state index is 13.3. The number of nitrogens with one attached hydrogen (secondary N) is 1. The SMILES string of the molecule is Cc1cc(/C=N/NC(=O)CN(c2ccccc2)S(=O)(=O)c2ccccc2)c(C)n1-c1cc(Cl)cc(Cl)c1. The zero-order valence-corrected chi connectivity index (χ0v) is 22.4. The number of aromatic nitrogens is 1. The molecule has 4 aromatic rings. The molecule has 0 unspecified atom stereocenters. The third-order valence-corrected chi connectivity index (χ3v) is 7.86. The molecule has 0 saturated carbocycles. The first kappa shape index (κ1) is 26.5. The van der Waals surface area contributed by atoms with Gasteiger partial charge < -0.3 is 4.57 Å². The maximum atomic E-state index is 13.3. The van der Waals surface area contributed by atoms with Crippen molar-refractivity contribution in [3.63, 3.8) is 0 Å². The highest BCUT2D eigenvalue weighted by Crippen LogP contribution is 2.26. The highest BCUT2D eigenvalue weighted by Gasteiger charge is 2.26. The number of para-hydroxylation sites is 1. The average molecular weight is 555 g/mol. The standard InChI is InChI=1S/C27H24Cl2N4O3S/c1-19-13-21(20(2)33(19)25-15-22(28)14-23(29)16-25)17-30-31-27(34)18-32(24-9-5-3-6-10-24)37(35,36)26-11-7-4-8-12-26/h3-17H,18H2,1-2H3,(H,31,34)/b30-17+. The lowest BCUT2D eigenvalue weighted by Crippen LogP contribution is -2.39. The lowest BCUT2D eigenvalue weighted by atomic mass is 10.2. The van der Waals surface area contributed by atoms with E-state index in [9.17, 15) is 13.2 Å². The fourth-order valence-corrected chi connectivity index (χ4v) is 5.91. The Morgan fingerprint density at radius 2 is 1.54 bits per heavy atom. The van der Waals surface area contributed by atoms with Crippen LogP contribution >= 0.6 is 23.2 Å². The van der Waals surface area contributed by atoms with E-state index in [0.29, 0.717) is 15.7 Å². The molecule has 0 aliphatic carbocycles. The number of rotatable bonds is 8. The van der Waals surface area contributed by atoms with Gasteiger partial charge in [0.05, 0.1) is 16.8 Å². The third-order valence-electron chi connectivity index (χ3n) is 5.63. The molecule has 0 aliphatic heterocycles. The number of nitrogens with zero attached hydrogens (tertiary/aromatic N) is 3. The van der Waals surface area contributed by atoms with E-state index in [4.69, 9.17) is 23.2 Å². The number of hydrogen-bond acceptors (Lipinski definition) is 4. The van der Waals surface area contributed by atoms with Crippen LogP contribution in [0, 0.1) is 13.8 Å². The first-order valence-corrected chi connectivity index (χ1v) is 13.5. The summed E-state index contributed by atoms with van der Waals surface area (Å²) in [4.78, 5) is 12.9. The molecule has 0 radical (unpaired) electrons. The second kappa shape index (κ2) is 11.2. The summed E-state index contributed by atoms with van der Waals surface area (Å²) in [6, 6.07) is 23.6. The molecule has 7 nitrogen and oxygen atoms in total. The Morgan fingerprint density at radius 3 is 2.16 bits per heavy atom. The number of carbonyl (C=O) groups excluding carboxylic acids is 1. The average Bonchev–Trinajstić information content (AvgIpc) is 3.15. The Labute approximate surface area is 226 Å². The summed E-state index contributed by atoms with van der Waals surface area (Å²) in [6.45, 7) is 3.40. The van der Waals surface area contributed by atoms with Gasteiger partial charge in [-0.2, -0.15) is 5.10 Å². The number of benzene rings is 3. The molecular weight excluding hydrogens is 531 g/mol. The first-order chi connectivity index (χ1) is 17.7. The second-order valence-corrected chi connectivity index (χ2v) is 11.0. The van der Waals surface area contributed by atoms with E-state index >= 15 is 0 Å². The summed E-state index contributed by atoms with van der Waals surface area (Å²) in [5, 5.41) is 5.11. The normalized spacial score (nSPS) is 11.6. The Bertz CT molecular complexity index is 1530. The summed E-state index contributed by atoms with van der Waals surface area (Å²) >= 11 is 12.3. The van der Waals surface area contributed by atoms with Crippen LogP contribution < -0.4 is 9.73 Å². The van der Waals surface area contributed by atoms with E-state index < -0.39 is 22.5 Å². The van der Waals surface area contributed by atoms with Crippen LogP contribution in [0.1, 0.15) is 17.0 Å². The number of aryl methyl sites for hydroxylation is 1. The summed E-state index contributed by atoms with van der Waals surface area (Å²) < 4.78 is 29.7. The summed E-state index contributed by atoms with van der Waals surface area (Å²) in [5.74, 6) is -0.588. The molecule has 37 heavy (non-hydrogen) atoms. The number of amides is 1. The van der Waals surface area contributed by atoms with Crippen molar-refractivity contribution in [1.29, 1.82) is 0 Å². The summed E-state index contributed by atoms with van der Waals surface area (Å²) in [5.41, 5.74) is 6.18. The van der Waals surface area contributed by atoms with Crippen molar-refractivity contribution in [2.45, 2.75) is 18.7 Å². The van der Waals surface area contributed by atoms with Crippen LogP contribution in [0.4, 0.5) is 5.69 Å². The number of carbonyl (C=O) groups is 1. The number of hydrogen-bond donors (Lipinski definition) is 1. The monoisotopic (exact) mass is 554 g/mol. The fraction of sp³-hybridized carbons (Fsp3) is 0.111. The van der Waals surface area contributed by atoms with Gasteiger partial charge in [-0.25, -0.2) is 13.8 Å². The molecule has 0 bridgehead atoms. The molecule has 4 rings (SSSR count). The molecule has 1 N–H and O–H groups in total. The molecule has 0 spiro atoms. The minimum atomic E-state index is -3.98. The van der Waals surface area contributed by atoms with Gasteiger partial charge >= 0.3 is 0 Å². The molecule has 1 amide bonds. The molecule has 0 fully saturated rings. The van der Waals surface area contributed by atoms with Crippen LogP contribution in [0.15, 0.2) is 94.9 Å². The van der Waals surface area contributed by atoms with Gasteiger partial charge in [0.2, 0.25) is 0 Å². The molecule has 0 aliphatic rings. The lowest BCUT2D eigenvalue weighted by Gasteiger charge is -2.23. The number of halogens is 2. The lowest BCUT2D eigenvalue weighted by molar-refractivity contribution is -0.119. The molecule has 3 aromatic carbocycles. The van der Waals surface area contributed by atoms with Crippen LogP contribution in [0.3, 0.4) is 0 Å². The van der Waals surface area contributed by atoms with Gasteiger partial charge in [-0.05, 0) is 62.4 Å². The Hall–Kier alpha value is -3.59. The molecule has 0 saturated heterocycles. The molecular formula is C27H24Cl2N4O3S. The number of sulfonamides is 1. The first-order valence-electron chi connectivity index (χ1n) is 11.3. The highest BCUT2D eigenvalue weighted by atomic mass is 35.5. The third kappa shape index (κ3) is 6.05. The van der Waals surface area contributed by atoms with Gasteiger partial charge in [0.15, 0.2) is 0 Å². The topological polar surface area (TPSA) is 83.8 Å². The Balaban J connectivity index is 1.54. The highest BCUT2D eigenvalue weighted by molar-refractivity contribution is 7.92. The van der Waals surface area contributed by atoms with Gasteiger partial charge in [0, 0.05) is 32.7 Å². The summed E-state index contributed by atoms with van der Waals surface area (Å²) in [6.07, 6.45) is 1.52. The van der Waals surface area contributed by atoms with Crippen molar-refractivity contribution in [2.75, 3.05) is 10.8 Å². The van der Waals surface area contributed by atoms with Crippen molar-refractivity contribution in [1.82, 2.24) is 9.99 Å². The number of hydrazone groups is 1. The van der Waals surface area contributed by atoms with Gasteiger partial charge in [0.25, 0.3) is 15.9 Å². The second-order valence-electron chi connectivity index (χ2n) is 8.24. The smallest absolute Gasteiger partial charge is 0.264 e. The van der Waals surface area contributed by atoms with Gasteiger partial charge in [-0.15, -0.1) is 0 Å². The van der Waals surface area contributed by atoms with E-state index in [1.54, 1.807) is 54.6 Å². The fourth-order valence-electron chi connectivity index (χ4n) is 3.95. The quantitative estimate of drug-likeness (QED) is 0.222.